The average Bonchev–Trinajstić information content (AvgIpc) is 3.20. The highest BCUT2D eigenvalue weighted by Gasteiger charge is 2.20. The molecule has 148 valence electrons. The Balaban J connectivity index is 1.58. The van der Waals surface area contributed by atoms with Crippen molar-refractivity contribution < 1.29 is 9.59 Å². The number of halogens is 1. The third kappa shape index (κ3) is 5.33. The van der Waals surface area contributed by atoms with Crippen molar-refractivity contribution >= 4 is 29.1 Å². The Bertz CT molecular complexity index is 834. The van der Waals surface area contributed by atoms with E-state index in [0.29, 0.717) is 16.3 Å². The minimum atomic E-state index is -0.208. The van der Waals surface area contributed by atoms with Gasteiger partial charge in [-0.25, -0.2) is 0 Å². The van der Waals surface area contributed by atoms with E-state index in [1.165, 1.54) is 0 Å². The van der Waals surface area contributed by atoms with E-state index in [-0.39, 0.29) is 30.4 Å². The molecule has 0 aromatic heterocycles. The largest absolute Gasteiger partial charge is 0.349 e. The number of hydrogen-bond donors (Lipinski definition) is 3. The SMILES string of the molecule is C[C@@H](NCC(=O)Nc1ccccc1C(=O)NC1CCCC1)c1ccccc1Cl. The number of carbonyl (C=O) groups excluding carboxylic acids is 2. The second kappa shape index (κ2) is 9.71. The highest BCUT2D eigenvalue weighted by atomic mass is 35.5. The van der Waals surface area contributed by atoms with Gasteiger partial charge in [-0.2, -0.15) is 0 Å². The second-order valence-corrected chi connectivity index (χ2v) is 7.58. The van der Waals surface area contributed by atoms with Gasteiger partial charge in [-0.1, -0.05) is 54.8 Å². The monoisotopic (exact) mass is 399 g/mol. The number of hydrogen-bond acceptors (Lipinski definition) is 3. The van der Waals surface area contributed by atoms with E-state index >= 15 is 0 Å². The molecule has 2 aromatic rings. The van der Waals surface area contributed by atoms with Gasteiger partial charge in [0.1, 0.15) is 0 Å². The lowest BCUT2D eigenvalue weighted by Gasteiger charge is -2.17. The van der Waals surface area contributed by atoms with Crippen molar-refractivity contribution in [2.75, 3.05) is 11.9 Å². The normalized spacial score (nSPS) is 15.2. The lowest BCUT2D eigenvalue weighted by Crippen LogP contribution is -2.34. The van der Waals surface area contributed by atoms with E-state index < -0.39 is 0 Å². The summed E-state index contributed by atoms with van der Waals surface area (Å²) in [5.41, 5.74) is 1.95. The van der Waals surface area contributed by atoms with Crippen molar-refractivity contribution in [3.63, 3.8) is 0 Å². The number of nitrogens with one attached hydrogen (secondary N) is 3. The fourth-order valence-electron chi connectivity index (χ4n) is 3.50. The van der Waals surface area contributed by atoms with E-state index in [1.54, 1.807) is 18.2 Å². The zero-order valence-electron chi connectivity index (χ0n) is 16.0. The van der Waals surface area contributed by atoms with Crippen molar-refractivity contribution in [3.05, 3.63) is 64.7 Å². The molecule has 1 fully saturated rings. The molecule has 28 heavy (non-hydrogen) atoms. The number of para-hydroxylation sites is 1. The van der Waals surface area contributed by atoms with Crippen molar-refractivity contribution in [1.82, 2.24) is 10.6 Å². The molecule has 1 atom stereocenters. The van der Waals surface area contributed by atoms with Crippen LogP contribution in [0, 0.1) is 0 Å². The first-order valence-corrected chi connectivity index (χ1v) is 10.1. The maximum atomic E-state index is 12.6. The van der Waals surface area contributed by atoms with Gasteiger partial charge in [-0.05, 0) is 43.5 Å². The number of carbonyl (C=O) groups is 2. The Kier molecular flexibility index (Phi) is 7.06. The van der Waals surface area contributed by atoms with E-state index in [2.05, 4.69) is 16.0 Å². The van der Waals surface area contributed by atoms with Crippen LogP contribution >= 0.6 is 11.6 Å². The van der Waals surface area contributed by atoms with Crippen molar-refractivity contribution in [1.29, 1.82) is 0 Å². The molecule has 0 saturated heterocycles. The van der Waals surface area contributed by atoms with Gasteiger partial charge in [0.25, 0.3) is 5.91 Å². The lowest BCUT2D eigenvalue weighted by atomic mass is 10.1. The first-order valence-electron chi connectivity index (χ1n) is 9.72. The number of amides is 2. The molecule has 1 saturated carbocycles. The van der Waals surface area contributed by atoms with Gasteiger partial charge in [0.15, 0.2) is 0 Å². The van der Waals surface area contributed by atoms with Crippen molar-refractivity contribution in [2.45, 2.75) is 44.7 Å². The van der Waals surface area contributed by atoms with Gasteiger partial charge in [0.05, 0.1) is 17.8 Å². The maximum Gasteiger partial charge on any atom is 0.253 e. The molecule has 0 heterocycles. The molecule has 2 aromatic carbocycles. The van der Waals surface area contributed by atoms with Gasteiger partial charge >= 0.3 is 0 Å². The summed E-state index contributed by atoms with van der Waals surface area (Å²) in [6.45, 7) is 2.07. The standard InChI is InChI=1S/C22H26ClN3O2/c1-15(17-10-4-6-12-19(17)23)24-14-21(27)26-20-13-7-5-11-18(20)22(28)25-16-8-2-3-9-16/h4-7,10-13,15-16,24H,2-3,8-9,14H2,1H3,(H,25,28)(H,26,27)/t15-/m1/s1. The Morgan fingerprint density at radius 2 is 1.75 bits per heavy atom. The Morgan fingerprint density at radius 1 is 1.07 bits per heavy atom. The van der Waals surface area contributed by atoms with E-state index in [9.17, 15) is 9.59 Å². The molecular formula is C22H26ClN3O2. The average molecular weight is 400 g/mol. The summed E-state index contributed by atoms with van der Waals surface area (Å²) in [5, 5.41) is 9.74. The predicted octanol–water partition coefficient (Wildman–Crippen LogP) is 4.30. The third-order valence-electron chi connectivity index (χ3n) is 5.08. The molecule has 0 radical (unpaired) electrons. The Labute approximate surface area is 170 Å². The van der Waals surface area contributed by atoms with Crippen LogP contribution in [0.2, 0.25) is 5.02 Å². The molecule has 6 heteroatoms. The summed E-state index contributed by atoms with van der Waals surface area (Å²) in [6, 6.07) is 14.8. The first-order chi connectivity index (χ1) is 13.5. The molecule has 0 bridgehead atoms. The summed E-state index contributed by atoms with van der Waals surface area (Å²) in [4.78, 5) is 25.0. The molecule has 0 spiro atoms. The fraction of sp³-hybridized carbons (Fsp3) is 0.364. The molecule has 0 unspecified atom stereocenters. The van der Waals surface area contributed by atoms with Crippen LogP contribution in [-0.4, -0.2) is 24.4 Å². The van der Waals surface area contributed by atoms with Gasteiger partial charge < -0.3 is 16.0 Å². The topological polar surface area (TPSA) is 70.2 Å². The Hall–Kier alpha value is -2.37. The molecule has 0 aliphatic heterocycles. The molecule has 5 nitrogen and oxygen atoms in total. The molecule has 1 aliphatic rings. The van der Waals surface area contributed by atoms with Gasteiger partial charge in [0.2, 0.25) is 5.91 Å². The van der Waals surface area contributed by atoms with Crippen LogP contribution in [0.15, 0.2) is 48.5 Å². The quantitative estimate of drug-likeness (QED) is 0.650. The summed E-state index contributed by atoms with van der Waals surface area (Å²) in [6.07, 6.45) is 4.34. The lowest BCUT2D eigenvalue weighted by molar-refractivity contribution is -0.115. The fourth-order valence-corrected chi connectivity index (χ4v) is 3.80. The summed E-state index contributed by atoms with van der Waals surface area (Å²) in [7, 11) is 0. The zero-order chi connectivity index (χ0) is 19.9. The van der Waals surface area contributed by atoms with Gasteiger partial charge in [-0.15, -0.1) is 0 Å². The van der Waals surface area contributed by atoms with Gasteiger partial charge in [0, 0.05) is 17.1 Å². The minimum Gasteiger partial charge on any atom is -0.349 e. The maximum absolute atomic E-state index is 12.6. The van der Waals surface area contributed by atoms with E-state index in [4.69, 9.17) is 11.6 Å². The molecule has 3 N–H and O–H groups in total. The van der Waals surface area contributed by atoms with Crippen LogP contribution in [-0.2, 0) is 4.79 Å². The minimum absolute atomic E-state index is 0.0691. The van der Waals surface area contributed by atoms with Crippen LogP contribution in [0.5, 0.6) is 0 Å². The highest BCUT2D eigenvalue weighted by Crippen LogP contribution is 2.22. The van der Waals surface area contributed by atoms with Crippen LogP contribution in [0.4, 0.5) is 5.69 Å². The molecule has 3 rings (SSSR count). The molecule has 2 amide bonds. The molecular weight excluding hydrogens is 374 g/mol. The second-order valence-electron chi connectivity index (χ2n) is 7.17. The van der Waals surface area contributed by atoms with Crippen LogP contribution < -0.4 is 16.0 Å². The summed E-state index contributed by atoms with van der Waals surface area (Å²) in [5.74, 6) is -0.347. The van der Waals surface area contributed by atoms with E-state index in [0.717, 1.165) is 31.2 Å². The number of benzene rings is 2. The first kappa shape index (κ1) is 20.4. The highest BCUT2D eigenvalue weighted by molar-refractivity contribution is 6.31. The summed E-state index contributed by atoms with van der Waals surface area (Å²) >= 11 is 6.20. The smallest absolute Gasteiger partial charge is 0.253 e. The zero-order valence-corrected chi connectivity index (χ0v) is 16.8. The van der Waals surface area contributed by atoms with Gasteiger partial charge in [-0.3, -0.25) is 9.59 Å². The van der Waals surface area contributed by atoms with E-state index in [1.807, 2.05) is 37.3 Å². The van der Waals surface area contributed by atoms with Crippen molar-refractivity contribution in [3.8, 4) is 0 Å². The predicted molar refractivity (Wildman–Crippen MR) is 113 cm³/mol. The third-order valence-corrected chi connectivity index (χ3v) is 5.42. The van der Waals surface area contributed by atoms with Crippen LogP contribution in [0.3, 0.4) is 0 Å². The summed E-state index contributed by atoms with van der Waals surface area (Å²) < 4.78 is 0. The Morgan fingerprint density at radius 3 is 2.50 bits per heavy atom. The number of rotatable bonds is 7. The number of anilines is 1. The molecule has 1 aliphatic carbocycles. The van der Waals surface area contributed by atoms with Crippen LogP contribution in [0.25, 0.3) is 0 Å². The van der Waals surface area contributed by atoms with Crippen molar-refractivity contribution in [2.24, 2.45) is 0 Å². The van der Waals surface area contributed by atoms with Crippen LogP contribution in [0.1, 0.15) is 54.6 Å².